The largest absolute Gasteiger partial charge is 0.386 e. The molecule has 38 heavy (non-hydrogen) atoms. The lowest BCUT2D eigenvalue weighted by molar-refractivity contribution is -0.169. The molecule has 1 N–H and O–H groups in total. The Bertz CT molecular complexity index is 1230. The fourth-order valence-corrected chi connectivity index (χ4v) is 5.12. The molecule has 0 bridgehead atoms. The van der Waals surface area contributed by atoms with Crippen LogP contribution in [0.2, 0.25) is 0 Å². The zero-order valence-corrected chi connectivity index (χ0v) is 21.7. The quantitative estimate of drug-likeness (QED) is 0.246. The Morgan fingerprint density at radius 3 is 1.95 bits per heavy atom. The van der Waals surface area contributed by atoms with Gasteiger partial charge in [-0.25, -0.2) is 0 Å². The van der Waals surface area contributed by atoms with E-state index >= 15 is 0 Å². The molecule has 3 unspecified atom stereocenters. The Balaban J connectivity index is 1.29. The molecule has 0 spiro atoms. The molecule has 0 saturated carbocycles. The molecule has 0 radical (unpaired) electrons. The summed E-state index contributed by atoms with van der Waals surface area (Å²) < 4.78 is 18.9. The standard InChI is InChI=1S/C34H36O4/c35-34(32-19-11-10-18-29(32)20-26-12-4-1-5-13-26)33-22-30(37-24-28-16-8-3-9-17-28)21-31(38-33)25-36-23-27-14-6-2-7-15-27/h1-19,30-31,33-35H,20-25H2/t30?,31-,33?,34?/m0/s1. The summed E-state index contributed by atoms with van der Waals surface area (Å²) in [5.74, 6) is 0. The lowest BCUT2D eigenvalue weighted by Crippen LogP contribution is -2.42. The first-order valence-corrected chi connectivity index (χ1v) is 13.5. The third kappa shape index (κ3) is 7.40. The van der Waals surface area contributed by atoms with E-state index in [0.717, 1.165) is 35.1 Å². The van der Waals surface area contributed by atoms with Crippen LogP contribution in [0.4, 0.5) is 0 Å². The van der Waals surface area contributed by atoms with Gasteiger partial charge >= 0.3 is 0 Å². The minimum atomic E-state index is -0.755. The monoisotopic (exact) mass is 508 g/mol. The highest BCUT2D eigenvalue weighted by Gasteiger charge is 2.35. The van der Waals surface area contributed by atoms with E-state index in [1.807, 2.05) is 72.8 Å². The summed E-state index contributed by atoms with van der Waals surface area (Å²) in [4.78, 5) is 0. The highest BCUT2D eigenvalue weighted by Crippen LogP contribution is 2.33. The number of aliphatic hydroxyl groups is 1. The maximum atomic E-state index is 11.6. The van der Waals surface area contributed by atoms with Gasteiger partial charge in [0.1, 0.15) is 6.10 Å². The van der Waals surface area contributed by atoms with Gasteiger partial charge in [-0.2, -0.15) is 0 Å². The second kappa shape index (κ2) is 13.5. The molecule has 0 aliphatic carbocycles. The Labute approximate surface area is 225 Å². The minimum absolute atomic E-state index is 0.0322. The molecule has 0 amide bonds. The molecule has 1 fully saturated rings. The van der Waals surface area contributed by atoms with Crippen LogP contribution >= 0.6 is 0 Å². The maximum Gasteiger partial charge on any atom is 0.106 e. The topological polar surface area (TPSA) is 47.9 Å². The third-order valence-electron chi connectivity index (χ3n) is 7.10. The predicted octanol–water partition coefficient (Wildman–Crippen LogP) is 6.66. The van der Waals surface area contributed by atoms with E-state index in [2.05, 4.69) is 42.5 Å². The molecular weight excluding hydrogens is 472 g/mol. The maximum absolute atomic E-state index is 11.6. The number of rotatable bonds is 11. The van der Waals surface area contributed by atoms with Crippen molar-refractivity contribution < 1.29 is 19.3 Å². The molecule has 1 heterocycles. The zero-order valence-electron chi connectivity index (χ0n) is 21.7. The summed E-state index contributed by atoms with van der Waals surface area (Å²) in [6.07, 6.45) is 0.795. The first-order chi connectivity index (χ1) is 18.7. The fraction of sp³-hybridized carbons (Fsp3) is 0.294. The number of ether oxygens (including phenoxy) is 3. The summed E-state index contributed by atoms with van der Waals surface area (Å²) >= 11 is 0. The van der Waals surface area contributed by atoms with Gasteiger partial charge in [-0.3, -0.25) is 0 Å². The molecule has 4 nitrogen and oxygen atoms in total. The minimum Gasteiger partial charge on any atom is -0.386 e. The van der Waals surface area contributed by atoms with E-state index in [1.165, 1.54) is 5.56 Å². The predicted molar refractivity (Wildman–Crippen MR) is 150 cm³/mol. The van der Waals surface area contributed by atoms with Crippen LogP contribution in [-0.2, 0) is 33.8 Å². The second-order valence-electron chi connectivity index (χ2n) is 9.99. The molecule has 1 aliphatic rings. The van der Waals surface area contributed by atoms with Crippen molar-refractivity contribution in [2.75, 3.05) is 6.61 Å². The van der Waals surface area contributed by atoms with Crippen LogP contribution in [0.15, 0.2) is 115 Å². The highest BCUT2D eigenvalue weighted by atomic mass is 16.6. The summed E-state index contributed by atoms with van der Waals surface area (Å²) in [6.45, 7) is 1.52. The van der Waals surface area contributed by atoms with Crippen LogP contribution in [0, 0.1) is 0 Å². The Morgan fingerprint density at radius 2 is 1.26 bits per heavy atom. The molecule has 4 aromatic carbocycles. The summed E-state index contributed by atoms with van der Waals surface area (Å²) in [5.41, 5.74) is 5.51. The average Bonchev–Trinajstić information content (AvgIpc) is 2.98. The normalized spacial score (nSPS) is 20.2. The van der Waals surface area contributed by atoms with Gasteiger partial charge < -0.3 is 19.3 Å². The van der Waals surface area contributed by atoms with Gasteiger partial charge in [0.2, 0.25) is 0 Å². The first kappa shape index (κ1) is 26.3. The average molecular weight is 509 g/mol. The first-order valence-electron chi connectivity index (χ1n) is 13.5. The van der Waals surface area contributed by atoms with Crippen LogP contribution in [0.25, 0.3) is 0 Å². The Morgan fingerprint density at radius 1 is 0.684 bits per heavy atom. The number of benzene rings is 4. The number of hydrogen-bond donors (Lipinski definition) is 1. The van der Waals surface area contributed by atoms with E-state index in [4.69, 9.17) is 14.2 Å². The van der Waals surface area contributed by atoms with Crippen molar-refractivity contribution in [1.82, 2.24) is 0 Å². The van der Waals surface area contributed by atoms with Crippen molar-refractivity contribution >= 4 is 0 Å². The lowest BCUT2D eigenvalue weighted by atomic mass is 9.90. The molecule has 4 atom stereocenters. The SMILES string of the molecule is OC(c1ccccc1Cc1ccccc1)C1CC(OCc2ccccc2)C[C@@H](COCc2ccccc2)O1. The van der Waals surface area contributed by atoms with Crippen molar-refractivity contribution in [3.63, 3.8) is 0 Å². The highest BCUT2D eigenvalue weighted by molar-refractivity contribution is 5.34. The van der Waals surface area contributed by atoms with Crippen LogP contribution in [-0.4, -0.2) is 30.0 Å². The van der Waals surface area contributed by atoms with Gasteiger partial charge in [0.05, 0.1) is 38.1 Å². The zero-order chi connectivity index (χ0) is 26.0. The molecule has 5 rings (SSSR count). The van der Waals surface area contributed by atoms with E-state index in [0.29, 0.717) is 26.2 Å². The number of aliphatic hydroxyl groups excluding tert-OH is 1. The van der Waals surface area contributed by atoms with Gasteiger partial charge in [0.25, 0.3) is 0 Å². The van der Waals surface area contributed by atoms with E-state index in [-0.39, 0.29) is 18.3 Å². The van der Waals surface area contributed by atoms with Crippen molar-refractivity contribution in [3.05, 3.63) is 143 Å². The molecular formula is C34H36O4. The molecule has 1 saturated heterocycles. The van der Waals surface area contributed by atoms with Gasteiger partial charge in [-0.15, -0.1) is 0 Å². The molecule has 4 aromatic rings. The summed E-state index contributed by atoms with van der Waals surface area (Å²) in [7, 11) is 0. The summed E-state index contributed by atoms with van der Waals surface area (Å²) in [6, 6.07) is 38.9. The second-order valence-corrected chi connectivity index (χ2v) is 9.99. The van der Waals surface area contributed by atoms with E-state index in [9.17, 15) is 5.11 Å². The Hall–Kier alpha value is -3.28. The van der Waals surface area contributed by atoms with Crippen molar-refractivity contribution in [3.8, 4) is 0 Å². The third-order valence-corrected chi connectivity index (χ3v) is 7.10. The van der Waals surface area contributed by atoms with Crippen molar-refractivity contribution in [1.29, 1.82) is 0 Å². The van der Waals surface area contributed by atoms with Gasteiger partial charge in [0, 0.05) is 12.8 Å². The molecule has 196 valence electrons. The molecule has 1 aliphatic heterocycles. The van der Waals surface area contributed by atoms with Gasteiger partial charge in [-0.05, 0) is 34.2 Å². The van der Waals surface area contributed by atoms with Crippen LogP contribution in [0.5, 0.6) is 0 Å². The molecule has 0 aromatic heterocycles. The van der Waals surface area contributed by atoms with Crippen LogP contribution in [0.1, 0.15) is 46.8 Å². The van der Waals surface area contributed by atoms with Crippen molar-refractivity contribution in [2.45, 2.75) is 56.9 Å². The molecule has 4 heteroatoms. The van der Waals surface area contributed by atoms with Crippen LogP contribution in [0.3, 0.4) is 0 Å². The van der Waals surface area contributed by atoms with Gasteiger partial charge in [-0.1, -0.05) is 115 Å². The fourth-order valence-electron chi connectivity index (χ4n) is 5.12. The van der Waals surface area contributed by atoms with Gasteiger partial charge in [0.15, 0.2) is 0 Å². The van der Waals surface area contributed by atoms with E-state index < -0.39 is 6.10 Å². The smallest absolute Gasteiger partial charge is 0.106 e. The van der Waals surface area contributed by atoms with E-state index in [1.54, 1.807) is 0 Å². The lowest BCUT2D eigenvalue weighted by Gasteiger charge is -2.38. The Kier molecular flexibility index (Phi) is 9.35. The number of hydrogen-bond acceptors (Lipinski definition) is 4. The van der Waals surface area contributed by atoms with Crippen LogP contribution < -0.4 is 0 Å². The summed E-state index contributed by atoms with van der Waals surface area (Å²) in [5, 5.41) is 11.6. The van der Waals surface area contributed by atoms with Crippen molar-refractivity contribution in [2.24, 2.45) is 0 Å².